The first kappa shape index (κ1) is 23.4. The fourth-order valence-electron chi connectivity index (χ4n) is 9.05. The first-order chi connectivity index (χ1) is 19.7. The summed E-state index contributed by atoms with van der Waals surface area (Å²) in [6.45, 7) is 4.79. The van der Waals surface area contributed by atoms with Crippen molar-refractivity contribution in [2.24, 2.45) is 5.92 Å². The van der Waals surface area contributed by atoms with Gasteiger partial charge in [-0.15, -0.1) is 0 Å². The van der Waals surface area contributed by atoms with Gasteiger partial charge in [0.2, 0.25) is 0 Å². The number of hydrogen-bond donors (Lipinski definition) is 0. The molecule has 4 heteroatoms. The number of ketones is 1. The molecule has 3 aliphatic carbocycles. The van der Waals surface area contributed by atoms with Crippen LogP contribution in [0.3, 0.4) is 0 Å². The molecule has 2 atom stereocenters. The number of carbonyl (C=O) groups is 1. The molecule has 0 spiro atoms. The molecule has 5 aliphatic heterocycles. The Morgan fingerprint density at radius 1 is 0.800 bits per heavy atom. The van der Waals surface area contributed by atoms with Crippen LogP contribution in [0.1, 0.15) is 73.6 Å². The minimum absolute atomic E-state index is 0.128. The Balaban J connectivity index is 0.957. The van der Waals surface area contributed by atoms with Gasteiger partial charge in [-0.25, -0.2) is 0 Å². The number of aryl methyl sites for hydroxylation is 1. The van der Waals surface area contributed by atoms with E-state index in [0.29, 0.717) is 5.92 Å². The van der Waals surface area contributed by atoms with E-state index in [-0.39, 0.29) is 11.9 Å². The molecule has 1 aromatic carbocycles. The van der Waals surface area contributed by atoms with Crippen LogP contribution in [0.15, 0.2) is 69.7 Å². The van der Waals surface area contributed by atoms with Gasteiger partial charge < -0.3 is 14.5 Å². The topological polar surface area (TPSA) is 32.8 Å². The molecule has 4 nitrogen and oxygen atoms in total. The Kier molecular flexibility index (Phi) is 5.19. The number of carbonyl (C=O) groups excluding carboxylic acids is 1. The lowest BCUT2D eigenvalue weighted by Crippen LogP contribution is -2.39. The molecule has 0 N–H and O–H groups in total. The lowest BCUT2D eigenvalue weighted by molar-refractivity contribution is -0.111. The van der Waals surface area contributed by atoms with Crippen LogP contribution in [0, 0.1) is 5.92 Å². The first-order valence-electron chi connectivity index (χ1n) is 15.9. The third-order valence-electron chi connectivity index (χ3n) is 10.7. The zero-order valence-electron chi connectivity index (χ0n) is 23.4. The summed E-state index contributed by atoms with van der Waals surface area (Å²) in [6.07, 6.45) is 23.9. The minimum Gasteiger partial charge on any atom is -0.485 e. The van der Waals surface area contributed by atoms with Crippen molar-refractivity contribution in [2.75, 3.05) is 31.1 Å². The highest BCUT2D eigenvalue weighted by atomic mass is 16.5. The number of allylic oxidation sites excluding steroid dienone is 6. The van der Waals surface area contributed by atoms with E-state index in [1.807, 2.05) is 0 Å². The normalized spacial score (nSPS) is 30.1. The standard InChI is InChI=1S/C36H38N2O2/c39-35-25(15-22-16-27-18-23-5-1-11-37-13-3-7-30(33(23)37)32(27)17-22)9-10-26(35)20-29-21-28-19-24-6-2-12-38-14-4-8-31(34(24)38)36(28)40-29/h15-16,18-21,28,36H,1-14,17H2. The van der Waals surface area contributed by atoms with Crippen molar-refractivity contribution in [1.29, 1.82) is 0 Å². The molecule has 0 aromatic heterocycles. The maximum absolute atomic E-state index is 13.5. The van der Waals surface area contributed by atoms with Gasteiger partial charge in [0.15, 0.2) is 5.78 Å². The van der Waals surface area contributed by atoms with Crippen LogP contribution in [-0.2, 0) is 28.8 Å². The van der Waals surface area contributed by atoms with Crippen LogP contribution in [0.25, 0.3) is 6.08 Å². The Morgan fingerprint density at radius 3 is 2.48 bits per heavy atom. The van der Waals surface area contributed by atoms with E-state index in [1.54, 1.807) is 16.8 Å². The van der Waals surface area contributed by atoms with Crippen LogP contribution in [0.5, 0.6) is 0 Å². The van der Waals surface area contributed by atoms with Gasteiger partial charge in [-0.1, -0.05) is 18.2 Å². The Morgan fingerprint density at radius 2 is 1.57 bits per heavy atom. The van der Waals surface area contributed by atoms with Gasteiger partial charge in [0.25, 0.3) is 0 Å². The van der Waals surface area contributed by atoms with E-state index in [4.69, 9.17) is 4.74 Å². The second-order valence-corrected chi connectivity index (χ2v) is 13.1. The van der Waals surface area contributed by atoms with Gasteiger partial charge in [-0.2, -0.15) is 0 Å². The number of anilines is 1. The molecule has 1 saturated heterocycles. The van der Waals surface area contributed by atoms with Crippen LogP contribution in [0.2, 0.25) is 0 Å². The molecule has 1 aromatic rings. The second-order valence-electron chi connectivity index (χ2n) is 13.1. The fraction of sp³-hybridized carbons (Fsp3) is 0.472. The molecular formula is C36H38N2O2. The number of benzene rings is 1. The monoisotopic (exact) mass is 530 g/mol. The number of Topliss-reactive ketones (excluding diaryl/α,β-unsaturated/α-hetero) is 1. The molecule has 2 fully saturated rings. The van der Waals surface area contributed by atoms with Crippen LogP contribution in [-0.4, -0.2) is 43.0 Å². The van der Waals surface area contributed by atoms with Crippen molar-refractivity contribution in [3.8, 4) is 0 Å². The average Bonchev–Trinajstić information content (AvgIpc) is 3.67. The Labute approximate surface area is 237 Å². The number of rotatable bonds is 2. The number of hydrogen-bond acceptors (Lipinski definition) is 4. The van der Waals surface area contributed by atoms with Crippen molar-refractivity contribution in [2.45, 2.75) is 76.7 Å². The third kappa shape index (κ3) is 3.53. The van der Waals surface area contributed by atoms with Crippen molar-refractivity contribution in [3.63, 3.8) is 0 Å². The molecule has 0 amide bonds. The zero-order valence-corrected chi connectivity index (χ0v) is 23.4. The summed E-state index contributed by atoms with van der Waals surface area (Å²) < 4.78 is 6.58. The van der Waals surface area contributed by atoms with Gasteiger partial charge in [0.05, 0.1) is 0 Å². The lowest BCUT2D eigenvalue weighted by Gasteiger charge is -2.43. The number of fused-ring (bicyclic) bond motifs is 4. The largest absolute Gasteiger partial charge is 0.485 e. The minimum atomic E-state index is 0.128. The second kappa shape index (κ2) is 8.86. The van der Waals surface area contributed by atoms with E-state index in [1.165, 1.54) is 105 Å². The van der Waals surface area contributed by atoms with Crippen molar-refractivity contribution < 1.29 is 9.53 Å². The molecule has 9 rings (SSSR count). The highest BCUT2D eigenvalue weighted by Gasteiger charge is 2.41. The Hall–Kier alpha value is -3.27. The van der Waals surface area contributed by atoms with Gasteiger partial charge in [-0.3, -0.25) is 4.79 Å². The molecule has 0 bridgehead atoms. The summed E-state index contributed by atoms with van der Waals surface area (Å²) in [6, 6.07) is 2.45. The first-order valence-corrected chi connectivity index (χ1v) is 15.9. The molecule has 8 aliphatic rings. The molecule has 2 unspecified atom stereocenters. The van der Waals surface area contributed by atoms with Crippen LogP contribution >= 0.6 is 0 Å². The maximum Gasteiger partial charge on any atom is 0.185 e. The van der Waals surface area contributed by atoms with E-state index < -0.39 is 0 Å². The third-order valence-corrected chi connectivity index (χ3v) is 10.7. The average molecular weight is 531 g/mol. The number of nitrogens with zero attached hydrogens (tertiary/aromatic N) is 2. The van der Waals surface area contributed by atoms with Crippen LogP contribution < -0.4 is 4.90 Å². The van der Waals surface area contributed by atoms with Crippen molar-refractivity contribution >= 4 is 17.5 Å². The number of ether oxygens (including phenoxy) is 1. The van der Waals surface area contributed by atoms with E-state index in [9.17, 15) is 4.79 Å². The van der Waals surface area contributed by atoms with E-state index in [0.717, 1.165) is 42.6 Å². The zero-order chi connectivity index (χ0) is 26.4. The maximum atomic E-state index is 13.5. The van der Waals surface area contributed by atoms with Gasteiger partial charge in [0.1, 0.15) is 11.9 Å². The predicted molar refractivity (Wildman–Crippen MR) is 159 cm³/mol. The highest BCUT2D eigenvalue weighted by Crippen LogP contribution is 2.47. The molecular weight excluding hydrogens is 492 g/mol. The van der Waals surface area contributed by atoms with E-state index in [2.05, 4.69) is 46.2 Å². The smallest absolute Gasteiger partial charge is 0.185 e. The molecule has 40 heavy (non-hydrogen) atoms. The summed E-state index contributed by atoms with van der Waals surface area (Å²) in [4.78, 5) is 18.8. The van der Waals surface area contributed by atoms with E-state index >= 15 is 0 Å². The van der Waals surface area contributed by atoms with Crippen molar-refractivity contribution in [3.05, 3.63) is 91.9 Å². The van der Waals surface area contributed by atoms with Gasteiger partial charge in [-0.05, 0) is 128 Å². The van der Waals surface area contributed by atoms with Gasteiger partial charge >= 0.3 is 0 Å². The summed E-state index contributed by atoms with van der Waals surface area (Å²) in [5.74, 6) is 1.44. The highest BCUT2D eigenvalue weighted by molar-refractivity contribution is 6.11. The lowest BCUT2D eigenvalue weighted by atomic mass is 9.79. The van der Waals surface area contributed by atoms with Crippen LogP contribution in [0.4, 0.5) is 5.69 Å². The molecule has 1 saturated carbocycles. The Bertz CT molecular complexity index is 1540. The van der Waals surface area contributed by atoms with Gasteiger partial charge in [0, 0.05) is 54.6 Å². The summed E-state index contributed by atoms with van der Waals surface area (Å²) in [5, 5.41) is 0. The SMILES string of the molecule is O=C1C(=CC2=Cc3cc4c5c(c3C2)CCCN5CCC4)CCC1=CC1=CC2C=C3CCCN4CCCC(=C34)C2O1. The fourth-order valence-corrected chi connectivity index (χ4v) is 9.05. The van der Waals surface area contributed by atoms with Crippen molar-refractivity contribution in [1.82, 2.24) is 4.90 Å². The number of piperidine rings is 1. The summed E-state index contributed by atoms with van der Waals surface area (Å²) >= 11 is 0. The molecule has 0 radical (unpaired) electrons. The summed E-state index contributed by atoms with van der Waals surface area (Å²) in [7, 11) is 0. The molecule has 204 valence electrons. The summed E-state index contributed by atoms with van der Waals surface area (Å²) in [5.41, 5.74) is 15.4. The predicted octanol–water partition coefficient (Wildman–Crippen LogP) is 6.52. The molecule has 5 heterocycles. The quantitative estimate of drug-likeness (QED) is 0.408.